The molecule has 1 fully saturated rings. The van der Waals surface area contributed by atoms with Crippen molar-refractivity contribution < 1.29 is 9.21 Å². The third-order valence-electron chi connectivity index (χ3n) is 4.61. The van der Waals surface area contributed by atoms with Crippen LogP contribution in [0.3, 0.4) is 0 Å². The molecule has 0 N–H and O–H groups in total. The van der Waals surface area contributed by atoms with E-state index < -0.39 is 0 Å². The summed E-state index contributed by atoms with van der Waals surface area (Å²) in [6.45, 7) is 4.16. The average molecular weight is 416 g/mol. The fourth-order valence-corrected chi connectivity index (χ4v) is 4.30. The molecule has 6 heteroatoms. The number of amidine groups is 1. The first kappa shape index (κ1) is 19.9. The number of benzene rings is 2. The predicted octanol–water partition coefficient (Wildman–Crippen LogP) is 5.01. The Kier molecular flexibility index (Phi) is 6.25. The maximum atomic E-state index is 12.8. The third-order valence-corrected chi connectivity index (χ3v) is 5.77. The molecule has 0 saturated carbocycles. The minimum Gasteiger partial charge on any atom is -0.455 e. The van der Waals surface area contributed by atoms with E-state index in [1.54, 1.807) is 17.2 Å². The van der Waals surface area contributed by atoms with E-state index in [1.165, 1.54) is 11.8 Å². The Morgan fingerprint density at radius 2 is 1.77 bits per heavy atom. The molecule has 1 aromatic heterocycles. The van der Waals surface area contributed by atoms with E-state index in [1.807, 2.05) is 72.8 Å². The van der Waals surface area contributed by atoms with Crippen molar-refractivity contribution in [2.24, 2.45) is 10.2 Å². The molecule has 5 nitrogen and oxygen atoms in total. The number of nitrogens with zero attached hydrogens (tertiary/aromatic N) is 3. The normalized spacial score (nSPS) is 17.9. The monoisotopic (exact) mass is 415 g/mol. The smallest absolute Gasteiger partial charge is 0.242 e. The zero-order valence-electron chi connectivity index (χ0n) is 16.3. The van der Waals surface area contributed by atoms with Crippen LogP contribution >= 0.6 is 11.8 Å². The first-order valence-corrected chi connectivity index (χ1v) is 10.5. The first-order valence-electron chi connectivity index (χ1n) is 9.64. The van der Waals surface area contributed by atoms with Gasteiger partial charge in [-0.3, -0.25) is 9.69 Å². The molecule has 0 spiro atoms. The van der Waals surface area contributed by atoms with E-state index in [0.717, 1.165) is 16.9 Å². The quantitative estimate of drug-likeness (QED) is 0.310. The summed E-state index contributed by atoms with van der Waals surface area (Å²) >= 11 is 1.43. The van der Waals surface area contributed by atoms with Gasteiger partial charge in [0.15, 0.2) is 5.17 Å². The molecule has 0 bridgehead atoms. The van der Waals surface area contributed by atoms with E-state index in [-0.39, 0.29) is 11.2 Å². The highest BCUT2D eigenvalue weighted by Gasteiger charge is 2.37. The van der Waals surface area contributed by atoms with Crippen LogP contribution in [0.15, 0.2) is 100 Å². The standard InChI is InChI=1S/C24H21N3O2S/c1-2-15-27-23(28)22(16-18-9-5-3-6-10-18)30-24(27)26-25-17-20-13-14-21(29-20)19-11-7-4-8-12-19/h2-14,17,22H,1,15-16H2/b25-17+,26-24+. The number of carbonyl (C=O) groups excluding carboxylic acids is 1. The Morgan fingerprint density at radius 1 is 1.03 bits per heavy atom. The molecule has 3 aromatic rings. The summed E-state index contributed by atoms with van der Waals surface area (Å²) in [6.07, 6.45) is 3.90. The average Bonchev–Trinajstić information content (AvgIpc) is 3.36. The zero-order chi connectivity index (χ0) is 20.8. The second-order valence-electron chi connectivity index (χ2n) is 6.73. The maximum Gasteiger partial charge on any atom is 0.242 e. The summed E-state index contributed by atoms with van der Waals surface area (Å²) in [5.74, 6) is 1.40. The van der Waals surface area contributed by atoms with Gasteiger partial charge in [-0.15, -0.1) is 11.7 Å². The molecule has 4 rings (SSSR count). The second-order valence-corrected chi connectivity index (χ2v) is 7.90. The lowest BCUT2D eigenvalue weighted by molar-refractivity contribution is -0.125. The third kappa shape index (κ3) is 4.60. The Bertz CT molecular complexity index is 1070. The molecule has 0 aliphatic carbocycles. The predicted molar refractivity (Wildman–Crippen MR) is 123 cm³/mol. The fraction of sp³-hybridized carbons (Fsp3) is 0.125. The van der Waals surface area contributed by atoms with Crippen LogP contribution in [-0.4, -0.2) is 34.0 Å². The Hall–Kier alpha value is -3.38. The Balaban J connectivity index is 1.48. The van der Waals surface area contributed by atoms with E-state index >= 15 is 0 Å². The number of furan rings is 1. The summed E-state index contributed by atoms with van der Waals surface area (Å²) in [5, 5.41) is 8.81. The van der Waals surface area contributed by atoms with Crippen LogP contribution in [0, 0.1) is 0 Å². The van der Waals surface area contributed by atoms with Crippen LogP contribution in [0.4, 0.5) is 0 Å². The number of amides is 1. The van der Waals surface area contributed by atoms with Crippen LogP contribution in [0.25, 0.3) is 11.3 Å². The number of rotatable bonds is 7. The minimum absolute atomic E-state index is 0.0297. The van der Waals surface area contributed by atoms with Gasteiger partial charge in [-0.25, -0.2) is 0 Å². The van der Waals surface area contributed by atoms with E-state index in [4.69, 9.17) is 4.42 Å². The number of hydrogen-bond donors (Lipinski definition) is 0. The molecule has 1 atom stereocenters. The largest absolute Gasteiger partial charge is 0.455 e. The van der Waals surface area contributed by atoms with E-state index in [0.29, 0.717) is 23.9 Å². The van der Waals surface area contributed by atoms with Gasteiger partial charge in [-0.2, -0.15) is 5.10 Å². The number of carbonyl (C=O) groups is 1. The molecular formula is C24H21N3O2S. The molecule has 1 amide bonds. The number of thioether (sulfide) groups is 1. The van der Waals surface area contributed by atoms with Crippen molar-refractivity contribution in [3.8, 4) is 11.3 Å². The van der Waals surface area contributed by atoms with Crippen molar-refractivity contribution in [3.63, 3.8) is 0 Å². The van der Waals surface area contributed by atoms with Crippen LogP contribution in [0.5, 0.6) is 0 Å². The molecule has 1 aliphatic rings. The van der Waals surface area contributed by atoms with Gasteiger partial charge in [0.2, 0.25) is 5.91 Å². The molecule has 2 heterocycles. The highest BCUT2D eigenvalue weighted by molar-refractivity contribution is 8.15. The molecule has 0 radical (unpaired) electrons. The van der Waals surface area contributed by atoms with E-state index in [9.17, 15) is 4.79 Å². The molecule has 1 aliphatic heterocycles. The van der Waals surface area contributed by atoms with Gasteiger partial charge in [0.1, 0.15) is 11.5 Å². The highest BCUT2D eigenvalue weighted by Crippen LogP contribution is 2.30. The topological polar surface area (TPSA) is 58.2 Å². The van der Waals surface area contributed by atoms with Crippen molar-refractivity contribution in [1.82, 2.24) is 4.90 Å². The van der Waals surface area contributed by atoms with Crippen molar-refractivity contribution >= 4 is 29.1 Å². The van der Waals surface area contributed by atoms with Crippen molar-refractivity contribution in [3.05, 3.63) is 96.8 Å². The molecule has 2 aromatic carbocycles. The van der Waals surface area contributed by atoms with Gasteiger partial charge in [0.25, 0.3) is 0 Å². The maximum absolute atomic E-state index is 12.8. The Labute approximate surface area is 179 Å². The SMILES string of the molecule is C=CCN1C(=O)C(Cc2ccccc2)S/C1=N/N=C/c1ccc(-c2ccccc2)o1. The Morgan fingerprint density at radius 3 is 2.50 bits per heavy atom. The lowest BCUT2D eigenvalue weighted by Crippen LogP contribution is -2.32. The van der Waals surface area contributed by atoms with Crippen molar-refractivity contribution in [1.29, 1.82) is 0 Å². The number of hydrogen-bond acceptors (Lipinski definition) is 5. The van der Waals surface area contributed by atoms with Crippen molar-refractivity contribution in [2.75, 3.05) is 6.54 Å². The van der Waals surface area contributed by atoms with Gasteiger partial charge in [-0.1, -0.05) is 78.5 Å². The van der Waals surface area contributed by atoms with Crippen LogP contribution in [0.1, 0.15) is 11.3 Å². The summed E-state index contributed by atoms with van der Waals surface area (Å²) in [6, 6.07) is 23.6. The van der Waals surface area contributed by atoms with Crippen LogP contribution in [0.2, 0.25) is 0 Å². The zero-order valence-corrected chi connectivity index (χ0v) is 17.2. The lowest BCUT2D eigenvalue weighted by Gasteiger charge is -2.12. The van der Waals surface area contributed by atoms with Crippen LogP contribution < -0.4 is 0 Å². The van der Waals surface area contributed by atoms with Gasteiger partial charge >= 0.3 is 0 Å². The highest BCUT2D eigenvalue weighted by atomic mass is 32.2. The van der Waals surface area contributed by atoms with E-state index in [2.05, 4.69) is 16.8 Å². The minimum atomic E-state index is -0.213. The summed E-state index contributed by atoms with van der Waals surface area (Å²) < 4.78 is 5.81. The van der Waals surface area contributed by atoms with Crippen molar-refractivity contribution in [2.45, 2.75) is 11.7 Å². The fourth-order valence-electron chi connectivity index (χ4n) is 3.16. The van der Waals surface area contributed by atoms with Gasteiger partial charge in [-0.05, 0) is 24.1 Å². The molecular weight excluding hydrogens is 394 g/mol. The first-order chi connectivity index (χ1) is 14.7. The molecule has 1 unspecified atom stereocenters. The lowest BCUT2D eigenvalue weighted by atomic mass is 10.1. The second kappa shape index (κ2) is 9.41. The molecule has 150 valence electrons. The summed E-state index contributed by atoms with van der Waals surface area (Å²) in [4.78, 5) is 14.4. The van der Waals surface area contributed by atoms with Gasteiger partial charge < -0.3 is 4.42 Å². The summed E-state index contributed by atoms with van der Waals surface area (Å²) in [7, 11) is 0. The molecule has 1 saturated heterocycles. The van der Waals surface area contributed by atoms with Gasteiger partial charge in [0.05, 0.1) is 11.5 Å². The van der Waals surface area contributed by atoms with Crippen LogP contribution in [-0.2, 0) is 11.2 Å². The van der Waals surface area contributed by atoms with Gasteiger partial charge in [0, 0.05) is 12.1 Å². The molecule has 30 heavy (non-hydrogen) atoms. The summed E-state index contributed by atoms with van der Waals surface area (Å²) in [5.41, 5.74) is 2.12.